The first-order valence-corrected chi connectivity index (χ1v) is 16.6. The Bertz CT molecular complexity index is 1990. The number of anilines is 1. The maximum atomic E-state index is 12.9. The molecule has 0 saturated carbocycles. The SMILES string of the molecule is COc1ncc(-c2cc(-c3ncc(CN4C[C@@H](C)O[C@@H](C)C4)o3)c3cn[nH]c3c2)cc1N(OC(=O)[C@H](O)c1ccccc1)S(C)(=O)=O. The van der Waals surface area contributed by atoms with Gasteiger partial charge in [0.1, 0.15) is 5.76 Å². The number of fused-ring (bicyclic) bond motifs is 1. The summed E-state index contributed by atoms with van der Waals surface area (Å²) in [6, 6.07) is 13.1. The van der Waals surface area contributed by atoms with Crippen LogP contribution in [0.4, 0.5) is 5.69 Å². The number of morpholine rings is 1. The molecule has 0 amide bonds. The molecule has 47 heavy (non-hydrogen) atoms. The van der Waals surface area contributed by atoms with Crippen LogP contribution in [0.3, 0.4) is 0 Å². The zero-order valence-corrected chi connectivity index (χ0v) is 27.0. The highest BCUT2D eigenvalue weighted by Crippen LogP contribution is 2.37. The topological polar surface area (TPSA) is 173 Å². The van der Waals surface area contributed by atoms with Crippen molar-refractivity contribution in [1.82, 2.24) is 25.1 Å². The first kappa shape index (κ1) is 32.1. The number of aliphatic hydroxyl groups is 1. The number of hydrogen-bond donors (Lipinski definition) is 2. The van der Waals surface area contributed by atoms with E-state index in [1.165, 1.54) is 31.5 Å². The fourth-order valence-corrected chi connectivity index (χ4v) is 6.32. The van der Waals surface area contributed by atoms with Crippen LogP contribution in [0.2, 0.25) is 0 Å². The van der Waals surface area contributed by atoms with Crippen LogP contribution in [0.15, 0.2) is 71.5 Å². The quantitative estimate of drug-likeness (QED) is 0.207. The number of nitrogens with zero attached hydrogens (tertiary/aromatic N) is 5. The molecule has 1 saturated heterocycles. The predicted octanol–water partition coefficient (Wildman–Crippen LogP) is 3.86. The van der Waals surface area contributed by atoms with Gasteiger partial charge in [0.2, 0.25) is 11.8 Å². The number of rotatable bonds is 10. The van der Waals surface area contributed by atoms with Gasteiger partial charge in [-0.1, -0.05) is 34.8 Å². The molecule has 3 atom stereocenters. The van der Waals surface area contributed by atoms with Gasteiger partial charge in [-0.05, 0) is 43.2 Å². The van der Waals surface area contributed by atoms with Gasteiger partial charge in [-0.2, -0.15) is 5.10 Å². The lowest BCUT2D eigenvalue weighted by atomic mass is 10.0. The summed E-state index contributed by atoms with van der Waals surface area (Å²) in [5, 5.41) is 18.5. The van der Waals surface area contributed by atoms with Crippen molar-refractivity contribution in [3.05, 3.63) is 78.4 Å². The number of sulfonamides is 1. The molecule has 2 N–H and O–H groups in total. The van der Waals surface area contributed by atoms with Crippen LogP contribution < -0.4 is 9.21 Å². The highest BCUT2D eigenvalue weighted by Gasteiger charge is 2.31. The van der Waals surface area contributed by atoms with Crippen LogP contribution in [-0.2, 0) is 30.9 Å². The lowest BCUT2D eigenvalue weighted by Crippen LogP contribution is -2.44. The third-order valence-corrected chi connectivity index (χ3v) is 8.46. The molecule has 14 nitrogen and oxygen atoms in total. The number of carbonyl (C=O) groups is 1. The van der Waals surface area contributed by atoms with Crippen molar-refractivity contribution in [3.63, 3.8) is 0 Å². The Morgan fingerprint density at radius 3 is 2.53 bits per heavy atom. The number of aromatic amines is 1. The van der Waals surface area contributed by atoms with Crippen molar-refractivity contribution in [2.45, 2.75) is 38.7 Å². The van der Waals surface area contributed by atoms with Gasteiger partial charge < -0.3 is 23.8 Å². The number of oxazole rings is 1. The number of aliphatic hydroxyl groups excluding tert-OH is 1. The number of methoxy groups -OCH3 is 1. The maximum absolute atomic E-state index is 12.9. The molecular weight excluding hydrogens is 628 g/mol. The number of nitrogens with one attached hydrogen (secondary N) is 1. The van der Waals surface area contributed by atoms with Crippen LogP contribution in [0.1, 0.15) is 31.3 Å². The monoisotopic (exact) mass is 662 g/mol. The summed E-state index contributed by atoms with van der Waals surface area (Å²) in [5.41, 5.74) is 2.43. The van der Waals surface area contributed by atoms with Crippen LogP contribution in [0, 0.1) is 0 Å². The summed E-state index contributed by atoms with van der Waals surface area (Å²) in [4.78, 5) is 29.3. The molecule has 1 aliphatic rings. The Morgan fingerprint density at radius 1 is 1.09 bits per heavy atom. The van der Waals surface area contributed by atoms with Gasteiger partial charge in [0, 0.05) is 35.8 Å². The number of hydrogen-bond acceptors (Lipinski definition) is 12. The molecule has 3 aromatic heterocycles. The molecule has 246 valence electrons. The molecule has 6 rings (SSSR count). The summed E-state index contributed by atoms with van der Waals surface area (Å²) < 4.78 is 43.7. The summed E-state index contributed by atoms with van der Waals surface area (Å²) in [5.74, 6) is -0.269. The summed E-state index contributed by atoms with van der Waals surface area (Å²) in [6.07, 6.45) is 4.21. The second-order valence-electron chi connectivity index (χ2n) is 11.4. The molecule has 15 heteroatoms. The number of H-pyrrole nitrogens is 1. The van der Waals surface area contributed by atoms with Crippen molar-refractivity contribution in [3.8, 4) is 28.5 Å². The van der Waals surface area contributed by atoms with Crippen molar-refractivity contribution >= 4 is 32.6 Å². The van der Waals surface area contributed by atoms with E-state index in [0.717, 1.165) is 24.7 Å². The van der Waals surface area contributed by atoms with Gasteiger partial charge >= 0.3 is 5.97 Å². The standard InChI is InChI=1S/C32H34N6O8S/c1-19-16-37(17-20(2)44-19)18-24-14-34-30(45-24)25-10-22(11-27-26(25)15-35-36-27)23-12-28(31(43-3)33-13-23)38(47(4,41)42)46-32(40)29(39)21-8-6-5-7-9-21/h5-15,19-20,29,39H,16-18H2,1-4H3,(H,35,36)/t19-,20+,29-/m1/s1. The Morgan fingerprint density at radius 2 is 1.83 bits per heavy atom. The normalized spacial score (nSPS) is 17.8. The Balaban J connectivity index is 1.34. The van der Waals surface area contributed by atoms with Crippen LogP contribution in [0.25, 0.3) is 33.5 Å². The molecule has 2 aromatic carbocycles. The highest BCUT2D eigenvalue weighted by molar-refractivity contribution is 7.91. The van der Waals surface area contributed by atoms with E-state index < -0.39 is 22.1 Å². The second kappa shape index (κ2) is 13.1. The number of ether oxygens (including phenoxy) is 2. The lowest BCUT2D eigenvalue weighted by Gasteiger charge is -2.34. The predicted molar refractivity (Wildman–Crippen MR) is 171 cm³/mol. The molecule has 5 aromatic rings. The Hall–Kier alpha value is -4.83. The van der Waals surface area contributed by atoms with Crippen LogP contribution in [-0.4, -0.2) is 83.2 Å². The fraction of sp³-hybridized carbons (Fsp3) is 0.312. The smallest absolute Gasteiger partial charge is 0.366 e. The van der Waals surface area contributed by atoms with E-state index in [4.69, 9.17) is 18.7 Å². The van der Waals surface area contributed by atoms with E-state index in [1.807, 2.05) is 26.0 Å². The summed E-state index contributed by atoms with van der Waals surface area (Å²) in [6.45, 7) is 6.22. The molecule has 0 aliphatic carbocycles. The number of carbonyl (C=O) groups excluding carboxylic acids is 1. The molecule has 1 fully saturated rings. The van der Waals surface area contributed by atoms with E-state index >= 15 is 0 Å². The molecule has 0 unspecified atom stereocenters. The third-order valence-electron chi connectivity index (χ3n) is 7.59. The summed E-state index contributed by atoms with van der Waals surface area (Å²) in [7, 11) is -2.94. The van der Waals surface area contributed by atoms with Crippen LogP contribution in [0.5, 0.6) is 5.88 Å². The maximum Gasteiger partial charge on any atom is 0.366 e. The Labute approximate surface area is 270 Å². The fourth-order valence-electron chi connectivity index (χ4n) is 5.62. The summed E-state index contributed by atoms with van der Waals surface area (Å²) >= 11 is 0. The first-order chi connectivity index (χ1) is 22.5. The van der Waals surface area contributed by atoms with Crippen molar-refractivity contribution in [1.29, 1.82) is 0 Å². The van der Waals surface area contributed by atoms with E-state index in [1.54, 1.807) is 30.6 Å². The van der Waals surface area contributed by atoms with Gasteiger partial charge in [-0.3, -0.25) is 10.00 Å². The average molecular weight is 663 g/mol. The van der Waals surface area contributed by atoms with Gasteiger partial charge in [0.05, 0.1) is 50.0 Å². The van der Waals surface area contributed by atoms with E-state index in [9.17, 15) is 18.3 Å². The average Bonchev–Trinajstić information content (AvgIpc) is 3.71. The number of aromatic nitrogens is 4. The second-order valence-corrected chi connectivity index (χ2v) is 13.2. The minimum Gasteiger partial charge on any atom is -0.479 e. The van der Waals surface area contributed by atoms with Crippen molar-refractivity contribution in [2.75, 3.05) is 30.9 Å². The number of pyridine rings is 1. The highest BCUT2D eigenvalue weighted by atomic mass is 32.2. The zero-order chi connectivity index (χ0) is 33.3. The molecular formula is C32H34N6O8S. The first-order valence-electron chi connectivity index (χ1n) is 14.8. The van der Waals surface area contributed by atoms with Crippen molar-refractivity contribution < 1.29 is 37.0 Å². The lowest BCUT2D eigenvalue weighted by molar-refractivity contribution is -0.153. The number of benzene rings is 2. The van der Waals surface area contributed by atoms with E-state index in [-0.39, 0.29) is 29.3 Å². The minimum absolute atomic E-state index is 0.113. The molecule has 1 aliphatic heterocycles. The van der Waals surface area contributed by atoms with Crippen molar-refractivity contribution in [2.24, 2.45) is 0 Å². The van der Waals surface area contributed by atoms with E-state index in [0.29, 0.717) is 44.9 Å². The van der Waals surface area contributed by atoms with Gasteiger partial charge in [0.15, 0.2) is 11.8 Å². The zero-order valence-electron chi connectivity index (χ0n) is 26.2. The molecule has 0 spiro atoms. The molecule has 4 heterocycles. The molecule has 0 radical (unpaired) electrons. The Kier molecular flexibility index (Phi) is 8.96. The largest absolute Gasteiger partial charge is 0.479 e. The van der Waals surface area contributed by atoms with Gasteiger partial charge in [0.25, 0.3) is 10.0 Å². The molecule has 0 bridgehead atoms. The van der Waals surface area contributed by atoms with Gasteiger partial charge in [-0.15, -0.1) is 0 Å². The minimum atomic E-state index is -4.25. The third kappa shape index (κ3) is 6.97. The van der Waals surface area contributed by atoms with Crippen LogP contribution >= 0.6 is 0 Å². The van der Waals surface area contributed by atoms with E-state index in [2.05, 4.69) is 25.1 Å². The van der Waals surface area contributed by atoms with Gasteiger partial charge in [-0.25, -0.2) is 23.2 Å².